The molecule has 0 saturated carbocycles. The minimum atomic E-state index is -2.94. The number of alkyl halides is 2. The van der Waals surface area contributed by atoms with Crippen LogP contribution < -0.4 is 4.74 Å². The number of pyridine rings is 1. The molecule has 0 aliphatic carbocycles. The Hall–Kier alpha value is -1.72. The van der Waals surface area contributed by atoms with Crippen LogP contribution in [0.25, 0.3) is 0 Å². The molecule has 0 N–H and O–H groups in total. The van der Waals surface area contributed by atoms with E-state index in [0.29, 0.717) is 5.69 Å². The van der Waals surface area contributed by atoms with Gasteiger partial charge < -0.3 is 9.47 Å². The molecule has 0 amide bonds. The van der Waals surface area contributed by atoms with Crippen LogP contribution in [0.3, 0.4) is 0 Å². The number of halogens is 2. The van der Waals surface area contributed by atoms with E-state index in [1.165, 1.54) is 19.2 Å². The number of nitrogens with zero attached hydrogens (tertiary/aromatic N) is 1. The van der Waals surface area contributed by atoms with Gasteiger partial charge in [0.1, 0.15) is 5.75 Å². The van der Waals surface area contributed by atoms with Gasteiger partial charge in [-0.2, -0.15) is 8.78 Å². The Morgan fingerprint density at radius 1 is 1.50 bits per heavy atom. The van der Waals surface area contributed by atoms with Gasteiger partial charge >= 0.3 is 12.6 Å². The fourth-order valence-electron chi connectivity index (χ4n) is 1.14. The number of aryl methyl sites for hydroxylation is 1. The van der Waals surface area contributed by atoms with Crippen molar-refractivity contribution in [1.29, 1.82) is 0 Å². The van der Waals surface area contributed by atoms with Crippen LogP contribution >= 0.6 is 0 Å². The third kappa shape index (κ3) is 3.45. The van der Waals surface area contributed by atoms with Gasteiger partial charge in [0, 0.05) is 5.69 Å². The number of hydrogen-bond donors (Lipinski definition) is 0. The molecule has 1 aromatic heterocycles. The summed E-state index contributed by atoms with van der Waals surface area (Å²) in [5, 5.41) is 0. The standard InChI is InChI=1S/C10H11F2NO3/c1-6-3-4-8(16-10(11)12)7(13-6)5-9(14)15-2/h3-4,10H,5H2,1-2H3. The van der Waals surface area contributed by atoms with Gasteiger partial charge in [0.2, 0.25) is 0 Å². The van der Waals surface area contributed by atoms with Crippen LogP contribution in [-0.2, 0) is 16.0 Å². The number of esters is 1. The number of aromatic nitrogens is 1. The maximum Gasteiger partial charge on any atom is 0.387 e. The highest BCUT2D eigenvalue weighted by molar-refractivity contribution is 5.72. The summed E-state index contributed by atoms with van der Waals surface area (Å²) in [5.41, 5.74) is 0.757. The molecule has 0 atom stereocenters. The van der Waals surface area contributed by atoms with Crippen LogP contribution in [-0.4, -0.2) is 24.7 Å². The zero-order valence-corrected chi connectivity index (χ0v) is 8.87. The van der Waals surface area contributed by atoms with Crippen molar-refractivity contribution in [2.75, 3.05) is 7.11 Å². The maximum atomic E-state index is 12.1. The topological polar surface area (TPSA) is 48.4 Å². The van der Waals surface area contributed by atoms with E-state index in [9.17, 15) is 13.6 Å². The van der Waals surface area contributed by atoms with Crippen molar-refractivity contribution >= 4 is 5.97 Å². The number of ether oxygens (including phenoxy) is 2. The monoisotopic (exact) mass is 231 g/mol. The summed E-state index contributed by atoms with van der Waals surface area (Å²) in [5.74, 6) is -0.664. The molecule has 16 heavy (non-hydrogen) atoms. The number of hydrogen-bond acceptors (Lipinski definition) is 4. The third-order valence-electron chi connectivity index (χ3n) is 1.83. The summed E-state index contributed by atoms with van der Waals surface area (Å²) in [4.78, 5) is 15.0. The quantitative estimate of drug-likeness (QED) is 0.740. The zero-order chi connectivity index (χ0) is 12.1. The number of rotatable bonds is 4. The second-order valence-corrected chi connectivity index (χ2v) is 3.03. The van der Waals surface area contributed by atoms with Crippen molar-refractivity contribution in [1.82, 2.24) is 4.98 Å². The molecule has 0 spiro atoms. The highest BCUT2D eigenvalue weighted by Gasteiger charge is 2.14. The Kier molecular flexibility index (Phi) is 4.16. The number of carbonyl (C=O) groups is 1. The molecule has 6 heteroatoms. The number of methoxy groups -OCH3 is 1. The first-order valence-electron chi connectivity index (χ1n) is 4.51. The largest absolute Gasteiger partial charge is 0.469 e. The maximum absolute atomic E-state index is 12.1. The summed E-state index contributed by atoms with van der Waals surface area (Å²) < 4.78 is 32.8. The predicted molar refractivity (Wildman–Crippen MR) is 51.3 cm³/mol. The van der Waals surface area contributed by atoms with Crippen LogP contribution in [0.5, 0.6) is 5.75 Å². The van der Waals surface area contributed by atoms with Crippen LogP contribution in [0.15, 0.2) is 12.1 Å². The Bertz CT molecular complexity index is 382. The lowest BCUT2D eigenvalue weighted by Crippen LogP contribution is -2.11. The normalized spacial score (nSPS) is 10.3. The van der Waals surface area contributed by atoms with E-state index < -0.39 is 12.6 Å². The summed E-state index contributed by atoms with van der Waals surface area (Å²) in [6.45, 7) is -1.26. The summed E-state index contributed by atoms with van der Waals surface area (Å²) >= 11 is 0. The lowest BCUT2D eigenvalue weighted by Gasteiger charge is -2.09. The molecule has 0 saturated heterocycles. The van der Waals surface area contributed by atoms with Crippen LogP contribution in [0.1, 0.15) is 11.4 Å². The molecule has 0 bridgehead atoms. The molecule has 1 rings (SSSR count). The third-order valence-corrected chi connectivity index (χ3v) is 1.83. The summed E-state index contributed by atoms with van der Waals surface area (Å²) in [6, 6.07) is 2.88. The lowest BCUT2D eigenvalue weighted by molar-refractivity contribution is -0.140. The first-order chi connectivity index (χ1) is 7.52. The van der Waals surface area contributed by atoms with Gasteiger partial charge in [0.15, 0.2) is 0 Å². The van der Waals surface area contributed by atoms with E-state index in [1.807, 2.05) is 0 Å². The highest BCUT2D eigenvalue weighted by Crippen LogP contribution is 2.20. The van der Waals surface area contributed by atoms with E-state index >= 15 is 0 Å². The van der Waals surface area contributed by atoms with Gasteiger partial charge in [0.25, 0.3) is 0 Å². The van der Waals surface area contributed by atoms with Gasteiger partial charge in [-0.15, -0.1) is 0 Å². The van der Waals surface area contributed by atoms with Crippen LogP contribution in [0.2, 0.25) is 0 Å². The van der Waals surface area contributed by atoms with E-state index in [4.69, 9.17) is 0 Å². The number of carbonyl (C=O) groups excluding carboxylic acids is 1. The minimum absolute atomic E-state index is 0.106. The zero-order valence-electron chi connectivity index (χ0n) is 8.87. The van der Waals surface area contributed by atoms with Gasteiger partial charge in [0.05, 0.1) is 19.2 Å². The van der Waals surface area contributed by atoms with Crippen molar-refractivity contribution < 1.29 is 23.0 Å². The summed E-state index contributed by atoms with van der Waals surface area (Å²) in [7, 11) is 1.21. The molecule has 0 aliphatic rings. The fourth-order valence-corrected chi connectivity index (χ4v) is 1.14. The summed E-state index contributed by atoms with van der Waals surface area (Å²) in [6.07, 6.45) is -0.194. The molecule has 0 unspecified atom stereocenters. The molecule has 1 heterocycles. The first-order valence-corrected chi connectivity index (χ1v) is 4.51. The Morgan fingerprint density at radius 2 is 2.19 bits per heavy atom. The van der Waals surface area contributed by atoms with Crippen LogP contribution in [0, 0.1) is 6.92 Å². The predicted octanol–water partition coefficient (Wildman–Crippen LogP) is 1.71. The molecule has 0 aromatic carbocycles. The van der Waals surface area contributed by atoms with Crippen molar-refractivity contribution in [3.8, 4) is 5.75 Å². The smallest absolute Gasteiger partial charge is 0.387 e. The van der Waals surface area contributed by atoms with Gasteiger partial charge in [-0.1, -0.05) is 0 Å². The second kappa shape index (κ2) is 5.39. The van der Waals surface area contributed by atoms with Crippen molar-refractivity contribution in [3.63, 3.8) is 0 Å². The molecule has 0 fully saturated rings. The molecular weight excluding hydrogens is 220 g/mol. The van der Waals surface area contributed by atoms with Gasteiger partial charge in [-0.3, -0.25) is 9.78 Å². The Labute approximate surface area is 91.2 Å². The molecular formula is C10H11F2NO3. The average Bonchev–Trinajstić information content (AvgIpc) is 2.21. The average molecular weight is 231 g/mol. The Balaban J connectivity index is 2.93. The molecule has 0 radical (unpaired) electrons. The van der Waals surface area contributed by atoms with Crippen LogP contribution in [0.4, 0.5) is 8.78 Å². The van der Waals surface area contributed by atoms with Crippen molar-refractivity contribution in [3.05, 3.63) is 23.5 Å². The van der Waals surface area contributed by atoms with Gasteiger partial charge in [-0.25, -0.2) is 0 Å². The molecule has 4 nitrogen and oxygen atoms in total. The Morgan fingerprint density at radius 3 is 2.75 bits per heavy atom. The molecule has 1 aromatic rings. The first kappa shape index (κ1) is 12.4. The van der Waals surface area contributed by atoms with E-state index in [2.05, 4.69) is 14.5 Å². The minimum Gasteiger partial charge on any atom is -0.469 e. The highest BCUT2D eigenvalue weighted by atomic mass is 19.3. The molecule has 0 aliphatic heterocycles. The SMILES string of the molecule is COC(=O)Cc1nc(C)ccc1OC(F)F. The van der Waals surface area contributed by atoms with E-state index in [0.717, 1.165) is 0 Å². The second-order valence-electron chi connectivity index (χ2n) is 3.03. The van der Waals surface area contributed by atoms with E-state index in [-0.39, 0.29) is 17.9 Å². The molecule has 88 valence electrons. The fraction of sp³-hybridized carbons (Fsp3) is 0.400. The van der Waals surface area contributed by atoms with Crippen molar-refractivity contribution in [2.24, 2.45) is 0 Å². The van der Waals surface area contributed by atoms with E-state index in [1.54, 1.807) is 6.92 Å². The van der Waals surface area contributed by atoms with Crippen molar-refractivity contribution in [2.45, 2.75) is 20.0 Å². The lowest BCUT2D eigenvalue weighted by atomic mass is 10.2. The van der Waals surface area contributed by atoms with Gasteiger partial charge in [-0.05, 0) is 19.1 Å².